The lowest BCUT2D eigenvalue weighted by atomic mass is 9.98. The minimum absolute atomic E-state index is 0.0000749. The second-order valence-corrected chi connectivity index (χ2v) is 6.85. The van der Waals surface area contributed by atoms with Crippen molar-refractivity contribution >= 4 is 29.8 Å². The molecule has 0 aromatic carbocycles. The summed E-state index contributed by atoms with van der Waals surface area (Å²) in [6.07, 6.45) is -6.62. The van der Waals surface area contributed by atoms with E-state index in [1.165, 1.54) is 0 Å². The van der Waals surface area contributed by atoms with Crippen molar-refractivity contribution in [1.82, 2.24) is 0 Å². The van der Waals surface area contributed by atoms with Crippen LogP contribution in [0.4, 0.5) is 0 Å². The molecule has 1 aliphatic heterocycles. The van der Waals surface area contributed by atoms with Gasteiger partial charge in [-0.05, 0) is 0 Å². The molecule has 5 atom stereocenters. The van der Waals surface area contributed by atoms with Gasteiger partial charge in [0.15, 0.2) is 12.2 Å². The summed E-state index contributed by atoms with van der Waals surface area (Å²) in [6.45, 7) is 7.44. The summed E-state index contributed by atoms with van der Waals surface area (Å²) in [5.74, 6) is -3.20. The molecular formula is C21H32O11. The van der Waals surface area contributed by atoms with E-state index < -0.39 is 60.6 Å². The van der Waals surface area contributed by atoms with Crippen LogP contribution in [-0.2, 0) is 52.4 Å². The first kappa shape index (κ1) is 27.3. The average Bonchev–Trinajstić information content (AvgIpc) is 2.80. The molecule has 0 amide bonds. The highest BCUT2D eigenvalue weighted by Crippen LogP contribution is 2.30. The van der Waals surface area contributed by atoms with E-state index in [4.69, 9.17) is 28.4 Å². The first-order valence-electron chi connectivity index (χ1n) is 10.8. The third-order valence-corrected chi connectivity index (χ3v) is 4.49. The van der Waals surface area contributed by atoms with Crippen LogP contribution in [0.15, 0.2) is 0 Å². The smallest absolute Gasteiger partial charge is 0.307 e. The zero-order valence-corrected chi connectivity index (χ0v) is 19.1. The van der Waals surface area contributed by atoms with Crippen LogP contribution in [0, 0.1) is 0 Å². The molecule has 11 heteroatoms. The molecule has 1 unspecified atom stereocenters. The molecule has 1 aliphatic rings. The maximum Gasteiger partial charge on any atom is 0.307 e. The molecule has 0 aromatic rings. The van der Waals surface area contributed by atoms with Crippen molar-refractivity contribution in [3.8, 4) is 0 Å². The number of carbonyl (C=O) groups is 5. The number of rotatable bonds is 11. The Morgan fingerprint density at radius 1 is 0.562 bits per heavy atom. The third kappa shape index (κ3) is 8.10. The number of esters is 5. The summed E-state index contributed by atoms with van der Waals surface area (Å²) in [4.78, 5) is 60.0. The lowest BCUT2D eigenvalue weighted by molar-refractivity contribution is -0.301. The quantitative estimate of drug-likeness (QED) is 0.328. The van der Waals surface area contributed by atoms with Crippen LogP contribution in [0.25, 0.3) is 0 Å². The Morgan fingerprint density at radius 2 is 0.969 bits per heavy atom. The molecule has 0 aliphatic carbocycles. The van der Waals surface area contributed by atoms with Crippen molar-refractivity contribution in [3.05, 3.63) is 0 Å². The van der Waals surface area contributed by atoms with Gasteiger partial charge in [0.05, 0.1) is 0 Å². The van der Waals surface area contributed by atoms with Crippen molar-refractivity contribution in [2.45, 2.75) is 97.4 Å². The summed E-state index contributed by atoms with van der Waals surface area (Å²) in [7, 11) is 0. The highest BCUT2D eigenvalue weighted by atomic mass is 16.7. The Balaban J connectivity index is 3.40. The van der Waals surface area contributed by atoms with Crippen molar-refractivity contribution < 1.29 is 52.4 Å². The third-order valence-electron chi connectivity index (χ3n) is 4.49. The summed E-state index contributed by atoms with van der Waals surface area (Å²) in [5, 5.41) is 0. The fourth-order valence-corrected chi connectivity index (χ4v) is 2.70. The maximum absolute atomic E-state index is 12.1. The molecule has 0 radical (unpaired) electrons. The fourth-order valence-electron chi connectivity index (χ4n) is 2.70. The molecule has 0 spiro atoms. The van der Waals surface area contributed by atoms with E-state index in [2.05, 4.69) is 0 Å². The molecule has 0 aromatic heterocycles. The largest absolute Gasteiger partial charge is 0.463 e. The molecule has 1 heterocycles. The lowest BCUT2D eigenvalue weighted by Gasteiger charge is -2.43. The second kappa shape index (κ2) is 13.7. The van der Waals surface area contributed by atoms with Crippen LogP contribution in [0.5, 0.6) is 0 Å². The molecule has 11 nitrogen and oxygen atoms in total. The van der Waals surface area contributed by atoms with Gasteiger partial charge in [0, 0.05) is 32.1 Å². The standard InChI is InChI=1S/C21H32O11/c1-6-13(22)27-11-12-18(29-14(23)7-2)19(30-15(24)8-3)20(31-16(25)9-4)21(28-12)32-17(26)10-5/h12,18-21H,6-11H2,1-5H3/t12-,18-,19+,20-,21?/m1/s1. The van der Waals surface area contributed by atoms with Crippen LogP contribution in [0.3, 0.4) is 0 Å². The van der Waals surface area contributed by atoms with Crippen molar-refractivity contribution in [3.63, 3.8) is 0 Å². The summed E-state index contributed by atoms with van der Waals surface area (Å²) in [6, 6.07) is 0. The van der Waals surface area contributed by atoms with Crippen LogP contribution in [0.1, 0.15) is 66.7 Å². The lowest BCUT2D eigenvalue weighted by Crippen LogP contribution is -2.63. The monoisotopic (exact) mass is 460 g/mol. The average molecular weight is 460 g/mol. The maximum atomic E-state index is 12.1. The van der Waals surface area contributed by atoms with E-state index in [1.807, 2.05) is 0 Å². The van der Waals surface area contributed by atoms with Gasteiger partial charge in [-0.3, -0.25) is 24.0 Å². The van der Waals surface area contributed by atoms with Crippen LogP contribution in [0.2, 0.25) is 0 Å². The molecule has 32 heavy (non-hydrogen) atoms. The van der Waals surface area contributed by atoms with E-state index in [-0.39, 0.29) is 38.7 Å². The molecule has 182 valence electrons. The van der Waals surface area contributed by atoms with E-state index in [9.17, 15) is 24.0 Å². The van der Waals surface area contributed by atoms with Gasteiger partial charge in [0.1, 0.15) is 12.7 Å². The molecule has 0 bridgehead atoms. The van der Waals surface area contributed by atoms with E-state index in [0.29, 0.717) is 0 Å². The van der Waals surface area contributed by atoms with Crippen molar-refractivity contribution in [1.29, 1.82) is 0 Å². The van der Waals surface area contributed by atoms with Gasteiger partial charge in [-0.1, -0.05) is 34.6 Å². The normalized spacial score (nSPS) is 24.7. The van der Waals surface area contributed by atoms with Crippen LogP contribution < -0.4 is 0 Å². The van der Waals surface area contributed by atoms with Crippen molar-refractivity contribution in [2.75, 3.05) is 6.61 Å². The van der Waals surface area contributed by atoms with Gasteiger partial charge in [-0.15, -0.1) is 0 Å². The minimum atomic E-state index is -1.48. The van der Waals surface area contributed by atoms with Gasteiger partial charge in [-0.25, -0.2) is 0 Å². The zero-order chi connectivity index (χ0) is 24.3. The first-order valence-corrected chi connectivity index (χ1v) is 10.8. The summed E-state index contributed by atoms with van der Waals surface area (Å²) < 4.78 is 32.4. The Morgan fingerprint density at radius 3 is 1.44 bits per heavy atom. The van der Waals surface area contributed by atoms with E-state index in [1.54, 1.807) is 34.6 Å². The van der Waals surface area contributed by atoms with E-state index in [0.717, 1.165) is 0 Å². The highest BCUT2D eigenvalue weighted by molar-refractivity contribution is 5.72. The topological polar surface area (TPSA) is 141 Å². The SMILES string of the molecule is CCC(=O)OC[C@H]1OC(OC(=O)CC)[C@H](OC(=O)CC)[C@@H](OC(=O)CC)[C@@H]1OC(=O)CC. The van der Waals surface area contributed by atoms with Gasteiger partial charge >= 0.3 is 29.8 Å². The van der Waals surface area contributed by atoms with E-state index >= 15 is 0 Å². The number of ether oxygens (including phenoxy) is 6. The van der Waals surface area contributed by atoms with Gasteiger partial charge in [0.2, 0.25) is 12.4 Å². The Labute approximate surface area is 187 Å². The summed E-state index contributed by atoms with van der Waals surface area (Å²) >= 11 is 0. The van der Waals surface area contributed by atoms with Gasteiger partial charge in [0.25, 0.3) is 0 Å². The van der Waals surface area contributed by atoms with Crippen molar-refractivity contribution in [2.24, 2.45) is 0 Å². The van der Waals surface area contributed by atoms with Crippen LogP contribution >= 0.6 is 0 Å². The zero-order valence-electron chi connectivity index (χ0n) is 19.1. The van der Waals surface area contributed by atoms with Gasteiger partial charge < -0.3 is 28.4 Å². The summed E-state index contributed by atoms with van der Waals surface area (Å²) in [5.41, 5.74) is 0. The first-order chi connectivity index (χ1) is 15.2. The minimum Gasteiger partial charge on any atom is -0.463 e. The Bertz CT molecular complexity index is 675. The molecule has 0 saturated carbocycles. The molecule has 1 saturated heterocycles. The number of hydrogen-bond acceptors (Lipinski definition) is 11. The Kier molecular flexibility index (Phi) is 11.7. The fraction of sp³-hybridized carbons (Fsp3) is 0.762. The molecule has 1 fully saturated rings. The van der Waals surface area contributed by atoms with Crippen LogP contribution in [-0.4, -0.2) is 67.2 Å². The predicted molar refractivity (Wildman–Crippen MR) is 107 cm³/mol. The second-order valence-electron chi connectivity index (χ2n) is 6.85. The molecular weight excluding hydrogens is 428 g/mol. The number of hydrogen-bond donors (Lipinski definition) is 0. The Hall–Kier alpha value is -2.69. The molecule has 0 N–H and O–H groups in total. The van der Waals surface area contributed by atoms with Gasteiger partial charge in [-0.2, -0.15) is 0 Å². The highest BCUT2D eigenvalue weighted by Gasteiger charge is 2.54. The number of carbonyl (C=O) groups excluding carboxylic acids is 5. The predicted octanol–water partition coefficient (Wildman–Crippen LogP) is 1.58. The molecule has 1 rings (SSSR count).